The molecule has 0 saturated carbocycles. The van der Waals surface area contributed by atoms with Crippen LogP contribution >= 0.6 is 22.7 Å². The Bertz CT molecular complexity index is 790. The molecule has 0 radical (unpaired) electrons. The molecule has 1 aliphatic heterocycles. The van der Waals surface area contributed by atoms with Crippen molar-refractivity contribution in [1.82, 2.24) is 20.0 Å². The molecular weight excluding hydrogens is 354 g/mol. The summed E-state index contributed by atoms with van der Waals surface area (Å²) in [6, 6.07) is 4.02. The quantitative estimate of drug-likeness (QED) is 0.659. The summed E-state index contributed by atoms with van der Waals surface area (Å²) in [4.78, 5) is 16.2. The minimum atomic E-state index is 0.706. The zero-order valence-corrected chi connectivity index (χ0v) is 15.9. The molecule has 1 fully saturated rings. The molecule has 0 aromatic carbocycles. The fourth-order valence-corrected chi connectivity index (χ4v) is 4.43. The number of thiazole rings is 1. The highest BCUT2D eigenvalue weighted by atomic mass is 32.1. The Morgan fingerprint density at radius 1 is 1.24 bits per heavy atom. The monoisotopic (exact) mass is 375 g/mol. The maximum absolute atomic E-state index is 5.37. The first-order valence-electron chi connectivity index (χ1n) is 8.54. The van der Waals surface area contributed by atoms with E-state index in [1.807, 2.05) is 23.7 Å². The van der Waals surface area contributed by atoms with E-state index in [1.54, 1.807) is 22.7 Å². The largest absolute Gasteiger partial charge is 0.346 e. The fourth-order valence-electron chi connectivity index (χ4n) is 2.97. The van der Waals surface area contributed by atoms with Crippen LogP contribution in [0.3, 0.4) is 0 Å². The normalized spacial score (nSPS) is 15.8. The highest BCUT2D eigenvalue weighted by molar-refractivity contribution is 7.15. The molecule has 25 heavy (non-hydrogen) atoms. The zero-order valence-electron chi connectivity index (χ0n) is 14.2. The van der Waals surface area contributed by atoms with Gasteiger partial charge in [-0.05, 0) is 31.3 Å². The van der Waals surface area contributed by atoms with E-state index < -0.39 is 0 Å². The van der Waals surface area contributed by atoms with E-state index in [-0.39, 0.29) is 0 Å². The molecule has 6 nitrogen and oxygen atoms in total. The number of anilines is 1. The second-order valence-corrected chi connectivity index (χ2v) is 8.34. The van der Waals surface area contributed by atoms with Crippen LogP contribution in [-0.2, 0) is 6.42 Å². The molecule has 8 heteroatoms. The van der Waals surface area contributed by atoms with Crippen molar-refractivity contribution in [2.45, 2.75) is 19.8 Å². The molecule has 0 aliphatic carbocycles. The number of aromatic nitrogens is 3. The van der Waals surface area contributed by atoms with Crippen LogP contribution in [0.25, 0.3) is 10.7 Å². The summed E-state index contributed by atoms with van der Waals surface area (Å²) >= 11 is 3.41. The van der Waals surface area contributed by atoms with Gasteiger partial charge in [-0.25, -0.2) is 4.98 Å². The first-order chi connectivity index (χ1) is 12.3. The third kappa shape index (κ3) is 4.08. The molecule has 4 heterocycles. The number of rotatable bonds is 6. The first-order valence-corrected chi connectivity index (χ1v) is 10.2. The summed E-state index contributed by atoms with van der Waals surface area (Å²) in [7, 11) is 0. The van der Waals surface area contributed by atoms with Gasteiger partial charge in [0, 0.05) is 43.7 Å². The van der Waals surface area contributed by atoms with E-state index in [9.17, 15) is 0 Å². The number of aryl methyl sites for hydroxylation is 2. The van der Waals surface area contributed by atoms with Crippen molar-refractivity contribution in [3.8, 4) is 10.7 Å². The lowest BCUT2D eigenvalue weighted by Crippen LogP contribution is -2.46. The first kappa shape index (κ1) is 16.7. The molecule has 0 atom stereocenters. The minimum absolute atomic E-state index is 0.706. The highest BCUT2D eigenvalue weighted by Crippen LogP contribution is 2.23. The van der Waals surface area contributed by atoms with Crippen molar-refractivity contribution in [3.05, 3.63) is 34.5 Å². The highest BCUT2D eigenvalue weighted by Gasteiger charge is 2.19. The van der Waals surface area contributed by atoms with Crippen LogP contribution in [0.4, 0.5) is 5.13 Å². The average molecular weight is 376 g/mol. The van der Waals surface area contributed by atoms with E-state index in [0.717, 1.165) is 61.5 Å². The third-order valence-electron chi connectivity index (χ3n) is 4.33. The minimum Gasteiger partial charge on any atom is -0.346 e. The van der Waals surface area contributed by atoms with Crippen LogP contribution in [0.2, 0.25) is 0 Å². The van der Waals surface area contributed by atoms with Gasteiger partial charge in [-0.1, -0.05) is 11.2 Å². The van der Waals surface area contributed by atoms with Crippen LogP contribution in [0.5, 0.6) is 0 Å². The lowest BCUT2D eigenvalue weighted by atomic mass is 10.2. The van der Waals surface area contributed by atoms with Gasteiger partial charge in [0.15, 0.2) is 5.13 Å². The summed E-state index contributed by atoms with van der Waals surface area (Å²) in [5, 5.41) is 7.25. The summed E-state index contributed by atoms with van der Waals surface area (Å²) < 4.78 is 5.37. The molecule has 3 aromatic rings. The van der Waals surface area contributed by atoms with E-state index >= 15 is 0 Å². The zero-order chi connectivity index (χ0) is 17.1. The van der Waals surface area contributed by atoms with Gasteiger partial charge < -0.3 is 9.42 Å². The van der Waals surface area contributed by atoms with Crippen molar-refractivity contribution in [1.29, 1.82) is 0 Å². The Labute approximate surface area is 155 Å². The SMILES string of the molecule is Cc1cnc(N2CCN(CCCc3nc(-c4cccs4)no3)CC2)s1. The molecule has 4 rings (SSSR count). The van der Waals surface area contributed by atoms with Gasteiger partial charge in [-0.3, -0.25) is 4.90 Å². The lowest BCUT2D eigenvalue weighted by molar-refractivity contribution is 0.251. The predicted octanol–water partition coefficient (Wildman–Crippen LogP) is 3.32. The Morgan fingerprint density at radius 3 is 2.84 bits per heavy atom. The van der Waals surface area contributed by atoms with Crippen molar-refractivity contribution in [2.75, 3.05) is 37.6 Å². The van der Waals surface area contributed by atoms with Gasteiger partial charge in [0.25, 0.3) is 0 Å². The maximum Gasteiger partial charge on any atom is 0.227 e. The van der Waals surface area contributed by atoms with Crippen LogP contribution < -0.4 is 4.90 Å². The molecule has 0 N–H and O–H groups in total. The molecule has 1 saturated heterocycles. The summed E-state index contributed by atoms with van der Waals surface area (Å²) in [6.07, 6.45) is 3.84. The molecule has 3 aromatic heterocycles. The van der Waals surface area contributed by atoms with Crippen LogP contribution in [0.1, 0.15) is 17.2 Å². The molecule has 0 bridgehead atoms. The summed E-state index contributed by atoms with van der Waals surface area (Å²) in [5.41, 5.74) is 0. The molecular formula is C17H21N5OS2. The fraction of sp³-hybridized carbons (Fsp3) is 0.471. The molecule has 132 valence electrons. The van der Waals surface area contributed by atoms with Crippen molar-refractivity contribution < 1.29 is 4.52 Å². The smallest absolute Gasteiger partial charge is 0.227 e. The second-order valence-electron chi connectivity index (χ2n) is 6.17. The van der Waals surface area contributed by atoms with E-state index in [0.29, 0.717) is 5.82 Å². The standard InChI is InChI=1S/C17H21N5OS2/c1-13-12-18-17(25-13)22-9-7-21(8-10-22)6-2-5-15-19-16(20-23-15)14-4-3-11-24-14/h3-4,11-12H,2,5-10H2,1H3. The molecule has 0 amide bonds. The van der Waals surface area contributed by atoms with E-state index in [4.69, 9.17) is 4.52 Å². The van der Waals surface area contributed by atoms with Gasteiger partial charge in [0.2, 0.25) is 11.7 Å². The Morgan fingerprint density at radius 2 is 2.12 bits per heavy atom. The molecule has 0 unspecified atom stereocenters. The molecule has 1 aliphatic rings. The molecule has 0 spiro atoms. The number of hydrogen-bond acceptors (Lipinski definition) is 8. The van der Waals surface area contributed by atoms with Crippen LogP contribution in [0, 0.1) is 6.92 Å². The van der Waals surface area contributed by atoms with Crippen molar-refractivity contribution in [3.63, 3.8) is 0 Å². The van der Waals surface area contributed by atoms with Gasteiger partial charge in [-0.2, -0.15) is 4.98 Å². The van der Waals surface area contributed by atoms with Gasteiger partial charge >= 0.3 is 0 Å². The summed E-state index contributed by atoms with van der Waals surface area (Å²) in [6.45, 7) is 7.46. The van der Waals surface area contributed by atoms with Crippen LogP contribution in [0.15, 0.2) is 28.2 Å². The Kier molecular flexibility index (Phi) is 5.09. The number of piperazine rings is 1. The van der Waals surface area contributed by atoms with Gasteiger partial charge in [0.05, 0.1) is 4.88 Å². The second kappa shape index (κ2) is 7.63. The van der Waals surface area contributed by atoms with Crippen molar-refractivity contribution in [2.24, 2.45) is 0 Å². The van der Waals surface area contributed by atoms with Gasteiger partial charge in [-0.15, -0.1) is 22.7 Å². The maximum atomic E-state index is 5.37. The average Bonchev–Trinajstić information content (AvgIpc) is 3.37. The van der Waals surface area contributed by atoms with E-state index in [1.165, 1.54) is 4.88 Å². The summed E-state index contributed by atoms with van der Waals surface area (Å²) in [5.74, 6) is 1.44. The predicted molar refractivity (Wildman–Crippen MR) is 101 cm³/mol. The number of thiophene rings is 1. The lowest BCUT2D eigenvalue weighted by Gasteiger charge is -2.34. The van der Waals surface area contributed by atoms with Gasteiger partial charge in [0.1, 0.15) is 0 Å². The Balaban J connectivity index is 1.21. The number of hydrogen-bond donors (Lipinski definition) is 0. The van der Waals surface area contributed by atoms with Crippen molar-refractivity contribution >= 4 is 27.8 Å². The third-order valence-corrected chi connectivity index (χ3v) is 6.17. The Hall–Kier alpha value is -1.77. The number of nitrogens with zero attached hydrogens (tertiary/aromatic N) is 5. The topological polar surface area (TPSA) is 58.3 Å². The van der Waals surface area contributed by atoms with E-state index in [2.05, 4.69) is 31.8 Å². The van der Waals surface area contributed by atoms with Crippen LogP contribution in [-0.4, -0.2) is 52.7 Å².